The van der Waals surface area contributed by atoms with Crippen molar-refractivity contribution in [2.24, 2.45) is 0 Å². The van der Waals surface area contributed by atoms with E-state index in [4.69, 9.17) is 20.9 Å². The molecule has 0 spiro atoms. The quantitative estimate of drug-likeness (QED) is 0.381. The molecule has 0 fully saturated rings. The van der Waals surface area contributed by atoms with Crippen molar-refractivity contribution < 1.29 is 18.8 Å². The normalized spacial score (nSPS) is 10.5. The first-order valence-electron chi connectivity index (χ1n) is 10.1. The molecule has 3 aromatic carbocycles. The lowest BCUT2D eigenvalue weighted by molar-refractivity contribution is 0.0940. The summed E-state index contributed by atoms with van der Waals surface area (Å²) in [6, 6.07) is 24.7. The average Bonchev–Trinajstić information content (AvgIpc) is 3.32. The number of halogens is 1. The summed E-state index contributed by atoms with van der Waals surface area (Å²) < 4.78 is 10.9. The molecule has 0 unspecified atom stereocenters. The number of rotatable bonds is 8. The molecule has 0 radical (unpaired) electrons. The number of amides is 2. The van der Waals surface area contributed by atoms with Crippen molar-refractivity contribution in [3.8, 4) is 5.75 Å². The number of nitrogens with one attached hydrogen (secondary N) is 2. The minimum atomic E-state index is -0.325. The van der Waals surface area contributed by atoms with E-state index in [0.29, 0.717) is 34.3 Å². The summed E-state index contributed by atoms with van der Waals surface area (Å²) in [5.74, 6) is 0.403. The van der Waals surface area contributed by atoms with Crippen LogP contribution in [-0.2, 0) is 13.2 Å². The topological polar surface area (TPSA) is 93.5 Å². The molecule has 7 nitrogen and oxygen atoms in total. The van der Waals surface area contributed by atoms with E-state index in [-0.39, 0.29) is 24.1 Å². The highest BCUT2D eigenvalue weighted by molar-refractivity contribution is 6.31. The lowest BCUT2D eigenvalue weighted by atomic mass is 10.2. The molecular weight excluding hydrogens is 442 g/mol. The van der Waals surface area contributed by atoms with Gasteiger partial charge in [0.05, 0.1) is 0 Å². The Morgan fingerprint density at radius 3 is 2.45 bits per heavy atom. The Balaban J connectivity index is 1.27. The standard InChI is InChI=1S/C25H20ClN3O4/c26-19-8-4-7-18(13-19)24(30)28-20-9-11-21(12-10-20)32-16-22-14-23(29-33-22)25(31)27-15-17-5-2-1-3-6-17/h1-14H,15-16H2,(H,27,31)(H,28,30). The molecule has 2 amide bonds. The maximum Gasteiger partial charge on any atom is 0.273 e. The Bertz CT molecular complexity index is 1240. The second-order valence-electron chi connectivity index (χ2n) is 7.12. The van der Waals surface area contributed by atoms with Gasteiger partial charge in [0.1, 0.15) is 12.4 Å². The third-order valence-corrected chi connectivity index (χ3v) is 4.90. The van der Waals surface area contributed by atoms with E-state index in [1.54, 1.807) is 54.6 Å². The lowest BCUT2D eigenvalue weighted by Gasteiger charge is -2.07. The Hall–Kier alpha value is -4.10. The zero-order valence-corrected chi connectivity index (χ0v) is 18.2. The van der Waals surface area contributed by atoms with Crippen LogP contribution in [0.1, 0.15) is 32.2 Å². The van der Waals surface area contributed by atoms with Gasteiger partial charge in [0, 0.05) is 28.9 Å². The predicted octanol–water partition coefficient (Wildman–Crippen LogP) is 5.09. The van der Waals surface area contributed by atoms with E-state index in [2.05, 4.69) is 15.8 Å². The van der Waals surface area contributed by atoms with Gasteiger partial charge in [-0.2, -0.15) is 0 Å². The number of carbonyl (C=O) groups excluding carboxylic acids is 2. The van der Waals surface area contributed by atoms with E-state index >= 15 is 0 Å². The second kappa shape index (κ2) is 10.5. The van der Waals surface area contributed by atoms with Gasteiger partial charge in [0.2, 0.25) is 0 Å². The maximum atomic E-state index is 12.3. The van der Waals surface area contributed by atoms with Gasteiger partial charge in [-0.3, -0.25) is 9.59 Å². The highest BCUT2D eigenvalue weighted by Crippen LogP contribution is 2.19. The van der Waals surface area contributed by atoms with E-state index < -0.39 is 0 Å². The summed E-state index contributed by atoms with van der Waals surface area (Å²) >= 11 is 5.93. The third kappa shape index (κ3) is 6.21. The SMILES string of the molecule is O=C(Nc1ccc(OCc2cc(C(=O)NCc3ccccc3)no2)cc1)c1cccc(Cl)c1. The fourth-order valence-electron chi connectivity index (χ4n) is 2.98. The van der Waals surface area contributed by atoms with Crippen LogP contribution in [0.3, 0.4) is 0 Å². The molecule has 33 heavy (non-hydrogen) atoms. The summed E-state index contributed by atoms with van der Waals surface area (Å²) in [4.78, 5) is 24.5. The van der Waals surface area contributed by atoms with Crippen molar-refractivity contribution in [3.05, 3.63) is 113 Å². The Morgan fingerprint density at radius 1 is 0.909 bits per heavy atom. The molecule has 0 aliphatic heterocycles. The number of benzene rings is 3. The zero-order valence-electron chi connectivity index (χ0n) is 17.5. The van der Waals surface area contributed by atoms with Gasteiger partial charge in [0.15, 0.2) is 11.5 Å². The molecule has 1 aromatic heterocycles. The van der Waals surface area contributed by atoms with Crippen LogP contribution in [0.15, 0.2) is 89.5 Å². The van der Waals surface area contributed by atoms with Gasteiger partial charge in [-0.1, -0.05) is 53.2 Å². The van der Waals surface area contributed by atoms with Crippen LogP contribution in [0.2, 0.25) is 5.02 Å². The van der Waals surface area contributed by atoms with E-state index in [1.165, 1.54) is 0 Å². The summed E-state index contributed by atoms with van der Waals surface area (Å²) in [6.07, 6.45) is 0. The fourth-order valence-corrected chi connectivity index (χ4v) is 3.17. The molecule has 0 bridgehead atoms. The molecule has 0 atom stereocenters. The first-order chi connectivity index (χ1) is 16.1. The van der Waals surface area contributed by atoms with Crippen LogP contribution in [0.4, 0.5) is 5.69 Å². The monoisotopic (exact) mass is 461 g/mol. The Labute approximate surface area is 195 Å². The molecule has 0 aliphatic carbocycles. The van der Waals surface area contributed by atoms with Gasteiger partial charge in [-0.05, 0) is 48.0 Å². The average molecular weight is 462 g/mol. The highest BCUT2D eigenvalue weighted by Gasteiger charge is 2.13. The van der Waals surface area contributed by atoms with Crippen LogP contribution < -0.4 is 15.4 Å². The van der Waals surface area contributed by atoms with Crippen molar-refractivity contribution in [2.75, 3.05) is 5.32 Å². The number of ether oxygens (including phenoxy) is 1. The van der Waals surface area contributed by atoms with E-state index in [1.807, 2.05) is 30.3 Å². The first kappa shape index (κ1) is 22.1. The molecule has 0 aliphatic rings. The van der Waals surface area contributed by atoms with Crippen LogP contribution in [0.25, 0.3) is 0 Å². The van der Waals surface area contributed by atoms with Crippen molar-refractivity contribution in [1.29, 1.82) is 0 Å². The number of aromatic nitrogens is 1. The van der Waals surface area contributed by atoms with Gasteiger partial charge in [0.25, 0.3) is 11.8 Å². The molecule has 2 N–H and O–H groups in total. The minimum absolute atomic E-state index is 0.104. The summed E-state index contributed by atoms with van der Waals surface area (Å²) in [6.45, 7) is 0.506. The smallest absolute Gasteiger partial charge is 0.273 e. The molecular formula is C25H20ClN3O4. The maximum absolute atomic E-state index is 12.3. The number of hydrogen-bond acceptors (Lipinski definition) is 5. The predicted molar refractivity (Wildman–Crippen MR) is 124 cm³/mol. The van der Waals surface area contributed by atoms with E-state index in [0.717, 1.165) is 5.56 Å². The van der Waals surface area contributed by atoms with Crippen LogP contribution in [0.5, 0.6) is 5.75 Å². The van der Waals surface area contributed by atoms with Crippen molar-refractivity contribution >= 4 is 29.1 Å². The molecule has 4 aromatic rings. The van der Waals surface area contributed by atoms with Gasteiger partial charge in [-0.15, -0.1) is 0 Å². The Kier molecular flexibility index (Phi) is 7.02. The molecule has 166 valence electrons. The summed E-state index contributed by atoms with van der Waals surface area (Å²) in [7, 11) is 0. The van der Waals surface area contributed by atoms with Gasteiger partial charge < -0.3 is 19.9 Å². The van der Waals surface area contributed by atoms with Crippen molar-refractivity contribution in [2.45, 2.75) is 13.2 Å². The van der Waals surface area contributed by atoms with Crippen LogP contribution in [0, 0.1) is 0 Å². The fraction of sp³-hybridized carbons (Fsp3) is 0.0800. The van der Waals surface area contributed by atoms with Gasteiger partial charge in [-0.25, -0.2) is 0 Å². The molecule has 0 saturated heterocycles. The summed E-state index contributed by atoms with van der Waals surface area (Å²) in [5.41, 5.74) is 2.26. The zero-order chi connectivity index (χ0) is 23.0. The highest BCUT2D eigenvalue weighted by atomic mass is 35.5. The first-order valence-corrected chi connectivity index (χ1v) is 10.5. The van der Waals surface area contributed by atoms with Crippen molar-refractivity contribution in [1.82, 2.24) is 10.5 Å². The lowest BCUT2D eigenvalue weighted by Crippen LogP contribution is -2.22. The molecule has 4 rings (SSSR count). The van der Waals surface area contributed by atoms with Crippen molar-refractivity contribution in [3.63, 3.8) is 0 Å². The van der Waals surface area contributed by atoms with Crippen LogP contribution in [-0.4, -0.2) is 17.0 Å². The van der Waals surface area contributed by atoms with E-state index in [9.17, 15) is 9.59 Å². The molecule has 8 heteroatoms. The summed E-state index contributed by atoms with van der Waals surface area (Å²) in [5, 5.41) is 9.89. The minimum Gasteiger partial charge on any atom is -0.486 e. The van der Waals surface area contributed by atoms with Crippen LogP contribution >= 0.6 is 11.6 Å². The Morgan fingerprint density at radius 2 is 1.70 bits per heavy atom. The number of anilines is 1. The van der Waals surface area contributed by atoms with Gasteiger partial charge >= 0.3 is 0 Å². The largest absolute Gasteiger partial charge is 0.486 e. The third-order valence-electron chi connectivity index (χ3n) is 4.67. The number of nitrogens with zero attached hydrogens (tertiary/aromatic N) is 1. The molecule has 0 saturated carbocycles. The number of hydrogen-bond donors (Lipinski definition) is 2. The second-order valence-corrected chi connectivity index (χ2v) is 7.56. The molecule has 1 heterocycles. The number of carbonyl (C=O) groups is 2.